The normalized spacial score (nSPS) is 15.9. The van der Waals surface area contributed by atoms with E-state index in [1.54, 1.807) is 23.5 Å². The van der Waals surface area contributed by atoms with E-state index in [0.717, 1.165) is 25.9 Å². The van der Waals surface area contributed by atoms with E-state index >= 15 is 0 Å². The molecule has 1 amide bonds. The predicted octanol–water partition coefficient (Wildman–Crippen LogP) is 2.91. The quantitative estimate of drug-likeness (QED) is 0.911. The van der Waals surface area contributed by atoms with Gasteiger partial charge in [0, 0.05) is 17.3 Å². The summed E-state index contributed by atoms with van der Waals surface area (Å²) in [5.74, 6) is 0.279. The molecule has 1 fully saturated rings. The van der Waals surface area contributed by atoms with Crippen LogP contribution in [0, 0.1) is 0 Å². The Balaban J connectivity index is 1.66. The number of aromatic nitrogens is 2. The number of hydrogen-bond acceptors (Lipinski definition) is 5. The molecule has 3 heterocycles. The lowest BCUT2D eigenvalue weighted by molar-refractivity contribution is 0.102. The maximum Gasteiger partial charge on any atom is 0.276 e. The smallest absolute Gasteiger partial charge is 0.276 e. The zero-order valence-electron chi connectivity index (χ0n) is 11.3. The van der Waals surface area contributed by atoms with Gasteiger partial charge >= 0.3 is 0 Å². The molecule has 0 aromatic carbocycles. The van der Waals surface area contributed by atoms with Gasteiger partial charge in [0.05, 0.1) is 5.02 Å². The van der Waals surface area contributed by atoms with E-state index < -0.39 is 0 Å². The van der Waals surface area contributed by atoms with E-state index in [2.05, 4.69) is 20.6 Å². The SMILES string of the molecule is O=C(Nc1ncc(C2CCNCC2)s1)c1ccc(Cl)cn1. The molecule has 3 rings (SSSR count). The van der Waals surface area contributed by atoms with Crippen LogP contribution in [0.25, 0.3) is 0 Å². The number of thiazole rings is 1. The molecule has 2 aromatic heterocycles. The minimum atomic E-state index is -0.266. The number of hydrogen-bond donors (Lipinski definition) is 2. The molecule has 0 aliphatic carbocycles. The molecule has 5 nitrogen and oxygen atoms in total. The monoisotopic (exact) mass is 322 g/mol. The van der Waals surface area contributed by atoms with Gasteiger partial charge in [-0.3, -0.25) is 10.1 Å². The Morgan fingerprint density at radius 1 is 1.29 bits per heavy atom. The summed E-state index contributed by atoms with van der Waals surface area (Å²) < 4.78 is 0. The van der Waals surface area contributed by atoms with Crippen molar-refractivity contribution in [1.82, 2.24) is 15.3 Å². The van der Waals surface area contributed by atoms with Crippen molar-refractivity contribution >= 4 is 34.0 Å². The number of pyridine rings is 1. The number of carbonyl (C=O) groups excluding carboxylic acids is 1. The average molecular weight is 323 g/mol. The molecule has 0 spiro atoms. The molecule has 1 saturated heterocycles. The molecule has 2 aromatic rings. The minimum Gasteiger partial charge on any atom is -0.317 e. The molecule has 110 valence electrons. The van der Waals surface area contributed by atoms with Crippen molar-refractivity contribution in [1.29, 1.82) is 0 Å². The van der Waals surface area contributed by atoms with Crippen LogP contribution in [-0.4, -0.2) is 29.0 Å². The van der Waals surface area contributed by atoms with Crippen LogP contribution < -0.4 is 10.6 Å². The Kier molecular flexibility index (Phi) is 4.48. The second-order valence-electron chi connectivity index (χ2n) is 4.91. The van der Waals surface area contributed by atoms with E-state index in [0.29, 0.717) is 21.8 Å². The Morgan fingerprint density at radius 2 is 2.10 bits per heavy atom. The Hall–Kier alpha value is -1.50. The molecule has 0 bridgehead atoms. The van der Waals surface area contributed by atoms with Gasteiger partial charge in [-0.15, -0.1) is 11.3 Å². The van der Waals surface area contributed by atoms with E-state index in [1.165, 1.54) is 11.1 Å². The topological polar surface area (TPSA) is 66.9 Å². The van der Waals surface area contributed by atoms with Crippen molar-refractivity contribution in [3.05, 3.63) is 40.1 Å². The van der Waals surface area contributed by atoms with Crippen molar-refractivity contribution in [3.8, 4) is 0 Å². The number of anilines is 1. The van der Waals surface area contributed by atoms with E-state index in [-0.39, 0.29) is 5.91 Å². The average Bonchev–Trinajstić information content (AvgIpc) is 2.97. The number of nitrogens with one attached hydrogen (secondary N) is 2. The fraction of sp³-hybridized carbons (Fsp3) is 0.357. The van der Waals surface area contributed by atoms with Gasteiger partial charge in [-0.25, -0.2) is 9.97 Å². The van der Waals surface area contributed by atoms with Gasteiger partial charge in [-0.1, -0.05) is 11.6 Å². The predicted molar refractivity (Wildman–Crippen MR) is 84.2 cm³/mol. The van der Waals surface area contributed by atoms with E-state index in [1.807, 2.05) is 6.20 Å². The number of carbonyl (C=O) groups is 1. The fourth-order valence-electron chi connectivity index (χ4n) is 2.31. The zero-order valence-corrected chi connectivity index (χ0v) is 12.9. The van der Waals surface area contributed by atoms with Crippen LogP contribution in [0.15, 0.2) is 24.5 Å². The molecule has 0 saturated carbocycles. The highest BCUT2D eigenvalue weighted by Gasteiger charge is 2.18. The summed E-state index contributed by atoms with van der Waals surface area (Å²) in [6.45, 7) is 2.08. The molecule has 7 heteroatoms. The number of amides is 1. The lowest BCUT2D eigenvalue weighted by Gasteiger charge is -2.20. The molecule has 1 aliphatic rings. The summed E-state index contributed by atoms with van der Waals surface area (Å²) in [7, 11) is 0. The van der Waals surface area contributed by atoms with Gasteiger partial charge in [0.1, 0.15) is 5.69 Å². The van der Waals surface area contributed by atoms with Crippen molar-refractivity contribution in [2.24, 2.45) is 0 Å². The van der Waals surface area contributed by atoms with Crippen LogP contribution in [0.3, 0.4) is 0 Å². The summed E-state index contributed by atoms with van der Waals surface area (Å²) in [4.78, 5) is 21.6. The van der Waals surface area contributed by atoms with Gasteiger partial charge in [0.2, 0.25) is 0 Å². The molecule has 1 aliphatic heterocycles. The molecule has 2 N–H and O–H groups in total. The van der Waals surface area contributed by atoms with Gasteiger partial charge in [0.25, 0.3) is 5.91 Å². The van der Waals surface area contributed by atoms with Crippen molar-refractivity contribution in [2.45, 2.75) is 18.8 Å². The molecular formula is C14H15ClN4OS. The van der Waals surface area contributed by atoms with Crippen LogP contribution in [-0.2, 0) is 0 Å². The summed E-state index contributed by atoms with van der Waals surface area (Å²) in [5, 5.41) is 7.25. The molecule has 0 unspecified atom stereocenters. The summed E-state index contributed by atoms with van der Waals surface area (Å²) in [6, 6.07) is 3.24. The van der Waals surface area contributed by atoms with E-state index in [9.17, 15) is 4.79 Å². The van der Waals surface area contributed by atoms with Crippen LogP contribution in [0.5, 0.6) is 0 Å². The maximum absolute atomic E-state index is 12.1. The Morgan fingerprint density at radius 3 is 2.81 bits per heavy atom. The first-order chi connectivity index (χ1) is 10.2. The summed E-state index contributed by atoms with van der Waals surface area (Å²) in [6.07, 6.45) is 5.56. The van der Waals surface area contributed by atoms with Crippen LogP contribution in [0.4, 0.5) is 5.13 Å². The number of nitrogens with zero attached hydrogens (tertiary/aromatic N) is 2. The fourth-order valence-corrected chi connectivity index (χ4v) is 3.40. The van der Waals surface area contributed by atoms with Crippen molar-refractivity contribution in [2.75, 3.05) is 18.4 Å². The molecule has 0 atom stereocenters. The van der Waals surface area contributed by atoms with Crippen LogP contribution in [0.1, 0.15) is 34.1 Å². The van der Waals surface area contributed by atoms with Gasteiger partial charge in [-0.05, 0) is 44.0 Å². The largest absolute Gasteiger partial charge is 0.317 e. The highest BCUT2D eigenvalue weighted by molar-refractivity contribution is 7.15. The van der Waals surface area contributed by atoms with Crippen LogP contribution in [0.2, 0.25) is 5.02 Å². The minimum absolute atomic E-state index is 0.266. The summed E-state index contributed by atoms with van der Waals surface area (Å²) in [5.41, 5.74) is 0.331. The lowest BCUT2D eigenvalue weighted by Crippen LogP contribution is -2.26. The lowest BCUT2D eigenvalue weighted by atomic mass is 9.97. The first kappa shape index (κ1) is 14.4. The van der Waals surface area contributed by atoms with Crippen molar-refractivity contribution < 1.29 is 4.79 Å². The highest BCUT2D eigenvalue weighted by atomic mass is 35.5. The third kappa shape index (κ3) is 3.58. The molecule has 0 radical (unpaired) electrons. The van der Waals surface area contributed by atoms with Crippen LogP contribution >= 0.6 is 22.9 Å². The number of piperidine rings is 1. The number of rotatable bonds is 3. The van der Waals surface area contributed by atoms with Gasteiger partial charge < -0.3 is 5.32 Å². The number of halogens is 1. The molecular weight excluding hydrogens is 308 g/mol. The van der Waals surface area contributed by atoms with Gasteiger partial charge in [0.15, 0.2) is 5.13 Å². The Bertz CT molecular complexity index is 622. The van der Waals surface area contributed by atoms with E-state index in [4.69, 9.17) is 11.6 Å². The second kappa shape index (κ2) is 6.51. The van der Waals surface area contributed by atoms with Crippen molar-refractivity contribution in [3.63, 3.8) is 0 Å². The molecule has 21 heavy (non-hydrogen) atoms. The second-order valence-corrected chi connectivity index (χ2v) is 6.41. The summed E-state index contributed by atoms with van der Waals surface area (Å²) >= 11 is 7.30. The highest BCUT2D eigenvalue weighted by Crippen LogP contribution is 2.31. The maximum atomic E-state index is 12.1. The van der Waals surface area contributed by atoms with Gasteiger partial charge in [-0.2, -0.15) is 0 Å². The third-order valence-electron chi connectivity index (χ3n) is 3.45. The first-order valence-corrected chi connectivity index (χ1v) is 8.01. The standard InChI is InChI=1S/C14H15ClN4OS/c15-10-1-2-11(17-7-10)13(20)19-14-18-8-12(21-14)9-3-5-16-6-4-9/h1-2,7-9,16H,3-6H2,(H,18,19,20). The zero-order chi connectivity index (χ0) is 14.7. The third-order valence-corrected chi connectivity index (χ3v) is 4.74. The first-order valence-electron chi connectivity index (χ1n) is 6.82. The Labute approximate surface area is 131 Å².